The summed E-state index contributed by atoms with van der Waals surface area (Å²) in [5.74, 6) is -2.79. The average molecular weight is 808 g/mol. The molecule has 3 amide bonds. The van der Waals surface area contributed by atoms with Crippen LogP contribution in [0, 0.1) is 10.8 Å². The first-order chi connectivity index (χ1) is 26.2. The molecule has 15 nitrogen and oxygen atoms in total. The zero-order valence-corrected chi connectivity index (χ0v) is 33.5. The SMILES string of the molecule is CC(C)(C)C(=O)OCOP(=O)(OCOC(=O)C(C)(C)C)C(F)(F)c1ccc(/C=C/C(=O)N[C@H]2CCCCC3CC[C@@H](C(=O)NCCc4cn[nH]c4)N3C2=O)cc1. The molecule has 0 aliphatic carbocycles. The number of hydrogen-bond donors (Lipinski definition) is 3. The van der Waals surface area contributed by atoms with Gasteiger partial charge in [-0.15, -0.1) is 0 Å². The monoisotopic (exact) mass is 807 g/mol. The lowest BCUT2D eigenvalue weighted by atomic mass is 9.98. The fraction of sp³-hybridized carbons (Fsp3) is 0.579. The predicted molar refractivity (Wildman–Crippen MR) is 199 cm³/mol. The molecule has 3 heterocycles. The molecule has 0 radical (unpaired) electrons. The standard InChI is InChI=1S/C38H52F2N5O10P/c1-36(2,3)34(49)52-23-54-56(51,55-24-53-35(50)37(4,5)6)38(39,40)27-14-11-25(12-15-27)13-18-31(46)44-29-10-8-7-9-28-16-17-30(45(28)33(29)48)32(47)41-20-19-26-21-42-43-22-26/h11-15,18,21-22,28-30H,7-10,16-17,19-20,23-24H2,1-6H3,(H,41,47)(H,42,43)(H,44,46)/b18-13+/t28?,29-,30-/m0/s1. The number of halogens is 2. The van der Waals surface area contributed by atoms with Crippen LogP contribution >= 0.6 is 7.60 Å². The third-order valence-corrected chi connectivity index (χ3v) is 11.1. The number of carbonyl (C=O) groups is 5. The van der Waals surface area contributed by atoms with E-state index in [9.17, 15) is 28.5 Å². The van der Waals surface area contributed by atoms with E-state index in [-0.39, 0.29) is 17.9 Å². The zero-order valence-electron chi connectivity index (χ0n) is 32.6. The van der Waals surface area contributed by atoms with Crippen LogP contribution in [0.3, 0.4) is 0 Å². The van der Waals surface area contributed by atoms with Crippen LogP contribution in [0.5, 0.6) is 0 Å². The van der Waals surface area contributed by atoms with Crippen molar-refractivity contribution in [1.29, 1.82) is 0 Å². The molecule has 1 aromatic heterocycles. The fourth-order valence-corrected chi connectivity index (χ4v) is 7.31. The van der Waals surface area contributed by atoms with Crippen LogP contribution in [0.4, 0.5) is 8.78 Å². The van der Waals surface area contributed by atoms with Gasteiger partial charge < -0.3 is 25.0 Å². The van der Waals surface area contributed by atoms with Crippen LogP contribution in [0.1, 0.15) is 96.8 Å². The van der Waals surface area contributed by atoms with Gasteiger partial charge in [0, 0.05) is 30.4 Å². The van der Waals surface area contributed by atoms with E-state index in [2.05, 4.69) is 20.8 Å². The fourth-order valence-electron chi connectivity index (χ4n) is 6.06. The van der Waals surface area contributed by atoms with Crippen LogP contribution in [0.15, 0.2) is 42.7 Å². The molecule has 0 spiro atoms. The molecule has 56 heavy (non-hydrogen) atoms. The molecular formula is C38H52F2N5O10P. The number of alkyl halides is 2. The number of amides is 3. The average Bonchev–Trinajstić information content (AvgIpc) is 3.80. The van der Waals surface area contributed by atoms with Crippen molar-refractivity contribution < 1.29 is 55.8 Å². The number of fused-ring (bicyclic) bond motifs is 1. The summed E-state index contributed by atoms with van der Waals surface area (Å²) < 4.78 is 64.9. The number of esters is 2. The highest BCUT2D eigenvalue weighted by Crippen LogP contribution is 2.67. The van der Waals surface area contributed by atoms with Crippen molar-refractivity contribution in [1.82, 2.24) is 25.7 Å². The van der Waals surface area contributed by atoms with E-state index < -0.39 is 73.2 Å². The van der Waals surface area contributed by atoms with Crippen molar-refractivity contribution in [2.75, 3.05) is 20.1 Å². The Morgan fingerprint density at radius 2 is 1.54 bits per heavy atom. The first-order valence-electron chi connectivity index (χ1n) is 18.5. The maximum absolute atomic E-state index is 15.9. The molecular weight excluding hydrogens is 755 g/mol. The van der Waals surface area contributed by atoms with E-state index in [4.69, 9.17) is 18.5 Å². The molecule has 3 N–H and O–H groups in total. The van der Waals surface area contributed by atoms with Crippen molar-refractivity contribution in [3.05, 3.63) is 59.4 Å². The lowest BCUT2D eigenvalue weighted by Gasteiger charge is -2.35. The Bertz CT molecular complexity index is 1740. The molecule has 1 aromatic carbocycles. The molecule has 18 heteroatoms. The van der Waals surface area contributed by atoms with E-state index in [0.717, 1.165) is 36.6 Å². The molecule has 2 aliphatic heterocycles. The summed E-state index contributed by atoms with van der Waals surface area (Å²) in [6.45, 7) is 7.27. The van der Waals surface area contributed by atoms with Crippen LogP contribution in [0.2, 0.25) is 0 Å². The predicted octanol–water partition coefficient (Wildman–Crippen LogP) is 5.57. The number of carbonyl (C=O) groups excluding carboxylic acids is 5. The van der Waals surface area contributed by atoms with Crippen molar-refractivity contribution in [2.24, 2.45) is 10.8 Å². The van der Waals surface area contributed by atoms with Crippen LogP contribution in [-0.4, -0.2) is 83.0 Å². The maximum Gasteiger partial charge on any atom is 0.410 e. The Morgan fingerprint density at radius 3 is 2.11 bits per heavy atom. The Hall–Kier alpha value is -4.47. The Labute approximate surface area is 325 Å². The first kappa shape index (κ1) is 44.2. The third-order valence-electron chi connectivity index (χ3n) is 9.30. The summed E-state index contributed by atoms with van der Waals surface area (Å²) in [5.41, 5.74) is -5.88. The van der Waals surface area contributed by atoms with Crippen LogP contribution in [0.25, 0.3) is 6.08 Å². The number of nitrogens with one attached hydrogen (secondary N) is 3. The highest BCUT2D eigenvalue weighted by Gasteiger charge is 2.56. The number of hydrogen-bond acceptors (Lipinski definition) is 11. The molecule has 0 bridgehead atoms. The summed E-state index contributed by atoms with van der Waals surface area (Å²) in [6, 6.07) is 2.75. The first-order valence-corrected chi connectivity index (χ1v) is 20.1. The molecule has 1 unspecified atom stereocenters. The van der Waals surface area contributed by atoms with Gasteiger partial charge in [-0.1, -0.05) is 37.1 Å². The van der Waals surface area contributed by atoms with Gasteiger partial charge in [-0.25, -0.2) is 0 Å². The second-order valence-electron chi connectivity index (χ2n) is 15.8. The molecule has 2 aliphatic rings. The van der Waals surface area contributed by atoms with Crippen molar-refractivity contribution in [3.8, 4) is 0 Å². The minimum atomic E-state index is -5.51. The Kier molecular flexibility index (Phi) is 14.7. The number of aromatic amines is 1. The van der Waals surface area contributed by atoms with Gasteiger partial charge in [0.1, 0.15) is 12.1 Å². The normalized spacial score (nSPS) is 19.5. The molecule has 2 aromatic rings. The number of aromatic nitrogens is 2. The van der Waals surface area contributed by atoms with Crippen molar-refractivity contribution in [2.45, 2.75) is 110 Å². The minimum Gasteiger partial charge on any atom is -0.438 e. The molecule has 2 saturated heterocycles. The summed E-state index contributed by atoms with van der Waals surface area (Å²) in [4.78, 5) is 66.0. The lowest BCUT2D eigenvalue weighted by Crippen LogP contribution is -2.56. The summed E-state index contributed by atoms with van der Waals surface area (Å²) >= 11 is 0. The molecule has 308 valence electrons. The van der Waals surface area contributed by atoms with E-state index >= 15 is 8.78 Å². The van der Waals surface area contributed by atoms with Crippen LogP contribution in [-0.2, 0) is 59.1 Å². The van der Waals surface area contributed by atoms with Crippen LogP contribution < -0.4 is 10.6 Å². The van der Waals surface area contributed by atoms with Gasteiger partial charge in [-0.2, -0.15) is 13.9 Å². The second kappa shape index (κ2) is 18.6. The largest absolute Gasteiger partial charge is 0.438 e. The molecule has 4 rings (SSSR count). The third kappa shape index (κ3) is 11.5. The smallest absolute Gasteiger partial charge is 0.410 e. The van der Waals surface area contributed by atoms with E-state index in [1.54, 1.807) is 17.3 Å². The molecule has 3 atom stereocenters. The number of H-pyrrole nitrogens is 1. The topological polar surface area (TPSA) is 195 Å². The Balaban J connectivity index is 1.40. The van der Waals surface area contributed by atoms with E-state index in [1.165, 1.54) is 59.8 Å². The molecule has 2 fully saturated rings. The highest BCUT2D eigenvalue weighted by atomic mass is 31.2. The minimum absolute atomic E-state index is 0.109. The number of ether oxygens (including phenoxy) is 2. The lowest BCUT2D eigenvalue weighted by molar-refractivity contribution is -0.163. The van der Waals surface area contributed by atoms with E-state index in [1.807, 2.05) is 0 Å². The van der Waals surface area contributed by atoms with Gasteiger partial charge in [0.25, 0.3) is 0 Å². The quantitative estimate of drug-likeness (QED) is 0.0882. The van der Waals surface area contributed by atoms with Gasteiger partial charge in [-0.05, 0) is 90.8 Å². The highest BCUT2D eigenvalue weighted by molar-refractivity contribution is 7.54. The number of rotatable bonds is 15. The van der Waals surface area contributed by atoms with Crippen molar-refractivity contribution in [3.63, 3.8) is 0 Å². The summed E-state index contributed by atoms with van der Waals surface area (Å²) in [6.07, 6.45) is 10.4. The summed E-state index contributed by atoms with van der Waals surface area (Å²) in [7, 11) is -5.51. The van der Waals surface area contributed by atoms with Gasteiger partial charge in [0.05, 0.1) is 17.0 Å². The van der Waals surface area contributed by atoms with E-state index in [0.29, 0.717) is 44.2 Å². The number of nitrogens with zero attached hydrogens (tertiary/aromatic N) is 2. The van der Waals surface area contributed by atoms with Gasteiger partial charge in [0.2, 0.25) is 31.3 Å². The zero-order chi connectivity index (χ0) is 41.3. The van der Waals surface area contributed by atoms with Gasteiger partial charge >= 0.3 is 25.2 Å². The summed E-state index contributed by atoms with van der Waals surface area (Å²) in [5, 5.41) is 12.3. The maximum atomic E-state index is 15.9. The second-order valence-corrected chi connectivity index (χ2v) is 17.9. The number of benzene rings is 1. The van der Waals surface area contributed by atoms with Crippen molar-refractivity contribution >= 4 is 43.3 Å². The van der Waals surface area contributed by atoms with Gasteiger partial charge in [-0.3, -0.25) is 42.7 Å². The Morgan fingerprint density at radius 1 is 0.929 bits per heavy atom. The van der Waals surface area contributed by atoms with Gasteiger partial charge in [0.15, 0.2) is 0 Å². The molecule has 0 saturated carbocycles.